The van der Waals surface area contributed by atoms with Gasteiger partial charge in [-0.05, 0) is 46.4 Å². The van der Waals surface area contributed by atoms with Crippen molar-refractivity contribution in [2.45, 2.75) is 43.6 Å². The number of oxime groups is 1. The fraction of sp³-hybridized carbons (Fsp3) is 0.214. The fourth-order valence-corrected chi connectivity index (χ4v) is 4.42. The first kappa shape index (κ1) is 23.3. The molecule has 0 radical (unpaired) electrons. The normalized spacial score (nSPS) is 11.9. The molecule has 0 bridgehead atoms. The number of hydrogen-bond donors (Lipinski definition) is 0. The van der Waals surface area contributed by atoms with Crippen molar-refractivity contribution in [3.05, 3.63) is 106 Å². The lowest BCUT2D eigenvalue weighted by atomic mass is 9.87. The summed E-state index contributed by atoms with van der Waals surface area (Å²) in [6.07, 6.45) is 1.76. The average molecular weight is 475 g/mol. The zero-order valence-electron chi connectivity index (χ0n) is 19.1. The summed E-state index contributed by atoms with van der Waals surface area (Å²) in [6.45, 7) is 7.06. The van der Waals surface area contributed by atoms with E-state index in [0.29, 0.717) is 6.61 Å². The summed E-state index contributed by atoms with van der Waals surface area (Å²) < 4.78 is 0. The second-order valence-corrected chi connectivity index (χ2v) is 10.3. The summed E-state index contributed by atoms with van der Waals surface area (Å²) in [5.41, 5.74) is 5.63. The van der Waals surface area contributed by atoms with Gasteiger partial charge in [0, 0.05) is 21.7 Å². The summed E-state index contributed by atoms with van der Waals surface area (Å²) in [5.74, 6) is 0.796. The highest BCUT2D eigenvalue weighted by Crippen LogP contribution is 2.27. The largest absolute Gasteiger partial charge is 0.391 e. The van der Waals surface area contributed by atoms with E-state index < -0.39 is 0 Å². The molecule has 4 rings (SSSR count). The minimum Gasteiger partial charge on any atom is -0.391 e. The Morgan fingerprint density at radius 1 is 0.939 bits per heavy atom. The standard InChI is InChI=1S/C28H27ClN2OS/c1-28(2,3)24-12-8-20(9-13-24)18-32-30-17-23-16-22-6-4-5-7-26(22)31-27(23)33-19-21-10-14-25(29)15-11-21/h4-17H,18-19H2,1-3H3. The number of aromatic nitrogens is 1. The zero-order valence-corrected chi connectivity index (χ0v) is 20.7. The number of halogens is 1. The van der Waals surface area contributed by atoms with E-state index in [2.05, 4.69) is 62.3 Å². The third-order valence-corrected chi connectivity index (χ3v) is 6.65. The monoisotopic (exact) mass is 474 g/mol. The molecule has 0 saturated heterocycles. The van der Waals surface area contributed by atoms with Crippen molar-refractivity contribution in [2.24, 2.45) is 5.16 Å². The molecule has 0 aliphatic heterocycles. The number of para-hydroxylation sites is 1. The van der Waals surface area contributed by atoms with Gasteiger partial charge in [-0.25, -0.2) is 4.98 Å². The molecule has 0 atom stereocenters. The van der Waals surface area contributed by atoms with E-state index in [0.717, 1.165) is 37.8 Å². The predicted octanol–water partition coefficient (Wildman–Crippen LogP) is 8.03. The molecule has 5 heteroatoms. The number of nitrogens with zero attached hydrogens (tertiary/aromatic N) is 2. The van der Waals surface area contributed by atoms with Gasteiger partial charge in [0.1, 0.15) is 11.6 Å². The van der Waals surface area contributed by atoms with Crippen molar-refractivity contribution in [3.8, 4) is 0 Å². The number of hydrogen-bond acceptors (Lipinski definition) is 4. The van der Waals surface area contributed by atoms with Crippen LogP contribution in [0, 0.1) is 0 Å². The maximum atomic E-state index is 6.01. The second-order valence-electron chi connectivity index (χ2n) is 8.95. The van der Waals surface area contributed by atoms with Gasteiger partial charge in [-0.15, -0.1) is 11.8 Å². The van der Waals surface area contributed by atoms with Gasteiger partial charge < -0.3 is 4.84 Å². The van der Waals surface area contributed by atoms with E-state index in [1.807, 2.05) is 42.5 Å². The molecule has 1 aromatic heterocycles. The molecule has 168 valence electrons. The zero-order chi connectivity index (χ0) is 23.3. The molecule has 3 nitrogen and oxygen atoms in total. The van der Waals surface area contributed by atoms with Crippen LogP contribution in [0.25, 0.3) is 10.9 Å². The smallest absolute Gasteiger partial charge is 0.142 e. The topological polar surface area (TPSA) is 34.5 Å². The first-order valence-electron chi connectivity index (χ1n) is 10.9. The summed E-state index contributed by atoms with van der Waals surface area (Å²) in [7, 11) is 0. The second kappa shape index (κ2) is 10.4. The van der Waals surface area contributed by atoms with Gasteiger partial charge in [0.15, 0.2) is 0 Å². The highest BCUT2D eigenvalue weighted by Gasteiger charge is 2.13. The Balaban J connectivity index is 1.47. The number of thioether (sulfide) groups is 1. The van der Waals surface area contributed by atoms with Crippen molar-refractivity contribution < 1.29 is 4.84 Å². The van der Waals surface area contributed by atoms with Crippen LogP contribution >= 0.6 is 23.4 Å². The quantitative estimate of drug-likeness (QED) is 0.154. The Bertz CT molecular complexity index is 1250. The van der Waals surface area contributed by atoms with E-state index in [1.54, 1.807) is 18.0 Å². The summed E-state index contributed by atoms with van der Waals surface area (Å²) >= 11 is 7.69. The lowest BCUT2D eigenvalue weighted by Crippen LogP contribution is -2.10. The molecular formula is C28H27ClN2OS. The fourth-order valence-electron chi connectivity index (χ4n) is 3.36. The number of fused-ring (bicyclic) bond motifs is 1. The Morgan fingerprint density at radius 2 is 1.64 bits per heavy atom. The molecule has 3 aromatic carbocycles. The molecule has 0 fully saturated rings. The van der Waals surface area contributed by atoms with Gasteiger partial charge in [-0.2, -0.15) is 0 Å². The van der Waals surface area contributed by atoms with Crippen molar-refractivity contribution in [3.63, 3.8) is 0 Å². The Kier molecular flexibility index (Phi) is 7.36. The number of pyridine rings is 1. The van der Waals surface area contributed by atoms with Gasteiger partial charge in [0.25, 0.3) is 0 Å². The lowest BCUT2D eigenvalue weighted by molar-refractivity contribution is 0.132. The Morgan fingerprint density at radius 3 is 2.36 bits per heavy atom. The van der Waals surface area contributed by atoms with Gasteiger partial charge >= 0.3 is 0 Å². The van der Waals surface area contributed by atoms with Crippen LogP contribution < -0.4 is 0 Å². The first-order chi connectivity index (χ1) is 15.9. The van der Waals surface area contributed by atoms with Gasteiger partial charge in [-0.3, -0.25) is 0 Å². The molecule has 0 amide bonds. The molecule has 33 heavy (non-hydrogen) atoms. The third-order valence-electron chi connectivity index (χ3n) is 5.32. The van der Waals surface area contributed by atoms with Crippen molar-refractivity contribution >= 4 is 40.5 Å². The van der Waals surface area contributed by atoms with Crippen LogP contribution in [0.15, 0.2) is 89.0 Å². The lowest BCUT2D eigenvalue weighted by Gasteiger charge is -2.18. The van der Waals surface area contributed by atoms with Crippen molar-refractivity contribution in [2.75, 3.05) is 0 Å². The van der Waals surface area contributed by atoms with Crippen molar-refractivity contribution in [1.82, 2.24) is 4.98 Å². The first-order valence-corrected chi connectivity index (χ1v) is 12.3. The van der Waals surface area contributed by atoms with Crippen molar-refractivity contribution in [1.29, 1.82) is 0 Å². The van der Waals surface area contributed by atoms with Crippen LogP contribution in [0.1, 0.15) is 43.0 Å². The number of benzene rings is 3. The minimum absolute atomic E-state index is 0.140. The molecule has 0 aliphatic carbocycles. The molecule has 1 heterocycles. The van der Waals surface area contributed by atoms with E-state index >= 15 is 0 Å². The Labute approximate surface area is 204 Å². The Hall–Kier alpha value is -2.82. The summed E-state index contributed by atoms with van der Waals surface area (Å²) in [6, 6.07) is 26.6. The van der Waals surface area contributed by atoms with Crippen LogP contribution in [0.5, 0.6) is 0 Å². The third kappa shape index (κ3) is 6.37. The van der Waals surface area contributed by atoms with Gasteiger partial charge in [0.2, 0.25) is 0 Å². The van der Waals surface area contributed by atoms with E-state index in [9.17, 15) is 0 Å². The average Bonchev–Trinajstić information content (AvgIpc) is 2.81. The van der Waals surface area contributed by atoms with E-state index in [1.165, 1.54) is 11.1 Å². The van der Waals surface area contributed by atoms with Crippen LogP contribution in [-0.2, 0) is 22.6 Å². The molecule has 0 spiro atoms. The highest BCUT2D eigenvalue weighted by atomic mass is 35.5. The van der Waals surface area contributed by atoms with E-state index in [4.69, 9.17) is 21.4 Å². The highest BCUT2D eigenvalue weighted by molar-refractivity contribution is 7.98. The van der Waals surface area contributed by atoms with Crippen LogP contribution in [0.4, 0.5) is 0 Å². The van der Waals surface area contributed by atoms with Gasteiger partial charge in [0.05, 0.1) is 11.7 Å². The molecule has 4 aromatic rings. The van der Waals surface area contributed by atoms with Crippen LogP contribution in [0.2, 0.25) is 5.02 Å². The molecular weight excluding hydrogens is 448 g/mol. The molecule has 0 unspecified atom stereocenters. The molecule has 0 N–H and O–H groups in total. The summed E-state index contributed by atoms with van der Waals surface area (Å²) in [4.78, 5) is 10.5. The molecule has 0 aliphatic rings. The number of rotatable bonds is 7. The molecule has 0 saturated carbocycles. The van der Waals surface area contributed by atoms with Crippen LogP contribution in [0.3, 0.4) is 0 Å². The predicted molar refractivity (Wildman–Crippen MR) is 140 cm³/mol. The minimum atomic E-state index is 0.140. The summed E-state index contributed by atoms with van der Waals surface area (Å²) in [5, 5.41) is 6.99. The SMILES string of the molecule is CC(C)(C)c1ccc(CON=Cc2cc3ccccc3nc2SCc2ccc(Cl)cc2)cc1. The van der Waals surface area contributed by atoms with Gasteiger partial charge in [-0.1, -0.05) is 92.1 Å². The van der Waals surface area contributed by atoms with E-state index in [-0.39, 0.29) is 5.41 Å². The maximum Gasteiger partial charge on any atom is 0.142 e. The maximum absolute atomic E-state index is 6.01. The van der Waals surface area contributed by atoms with Crippen LogP contribution in [-0.4, -0.2) is 11.2 Å².